The summed E-state index contributed by atoms with van der Waals surface area (Å²) in [6, 6.07) is 10.6. The van der Waals surface area contributed by atoms with Crippen molar-refractivity contribution in [2.24, 2.45) is 5.73 Å². The van der Waals surface area contributed by atoms with Crippen LogP contribution in [0.2, 0.25) is 0 Å². The van der Waals surface area contributed by atoms with Gasteiger partial charge in [-0.3, -0.25) is 14.4 Å². The van der Waals surface area contributed by atoms with Gasteiger partial charge < -0.3 is 20.1 Å². The van der Waals surface area contributed by atoms with Gasteiger partial charge in [-0.1, -0.05) is 6.07 Å². The second-order valence-corrected chi connectivity index (χ2v) is 7.04. The molecule has 0 fully saturated rings. The van der Waals surface area contributed by atoms with E-state index in [1.54, 1.807) is 18.2 Å². The fourth-order valence-corrected chi connectivity index (χ4v) is 3.07. The summed E-state index contributed by atoms with van der Waals surface area (Å²) in [6.45, 7) is 4.13. The molecule has 0 aliphatic carbocycles. The molecule has 0 radical (unpaired) electrons. The van der Waals surface area contributed by atoms with E-state index in [1.165, 1.54) is 4.90 Å². The zero-order valence-corrected chi connectivity index (χ0v) is 16.6. The third-order valence-corrected chi connectivity index (χ3v) is 4.88. The molecule has 1 aliphatic heterocycles. The highest BCUT2D eigenvalue weighted by molar-refractivity contribution is 6.02. The fraction of sp³-hybridized carbons (Fsp3) is 0.318. The number of fused-ring (bicyclic) bond motifs is 1. The summed E-state index contributed by atoms with van der Waals surface area (Å²) < 4.78 is 11.1. The van der Waals surface area contributed by atoms with Crippen LogP contribution in [0, 0.1) is 13.8 Å². The van der Waals surface area contributed by atoms with Crippen molar-refractivity contribution in [3.05, 3.63) is 53.1 Å². The van der Waals surface area contributed by atoms with Gasteiger partial charge in [0.25, 0.3) is 5.91 Å². The SMILES string of the molecule is Cc1ccc(OCC(=O)c2ccc3c(c2)N(CCCC(N)=O)C(=O)CO3)cc1C. The molecule has 1 aliphatic rings. The maximum Gasteiger partial charge on any atom is 0.265 e. The van der Waals surface area contributed by atoms with Gasteiger partial charge in [0, 0.05) is 18.5 Å². The van der Waals surface area contributed by atoms with Crippen LogP contribution in [0.5, 0.6) is 11.5 Å². The van der Waals surface area contributed by atoms with Gasteiger partial charge in [-0.05, 0) is 61.7 Å². The summed E-state index contributed by atoms with van der Waals surface area (Å²) in [6.07, 6.45) is 0.622. The van der Waals surface area contributed by atoms with Gasteiger partial charge in [-0.2, -0.15) is 0 Å². The smallest absolute Gasteiger partial charge is 0.265 e. The van der Waals surface area contributed by atoms with Crippen molar-refractivity contribution in [3.8, 4) is 11.5 Å². The Kier molecular flexibility index (Phi) is 6.16. The normalized spacial score (nSPS) is 12.9. The number of ketones is 1. The van der Waals surface area contributed by atoms with Crippen LogP contribution >= 0.6 is 0 Å². The van der Waals surface area contributed by atoms with Crippen molar-refractivity contribution in [3.63, 3.8) is 0 Å². The van der Waals surface area contributed by atoms with Gasteiger partial charge in [-0.25, -0.2) is 0 Å². The van der Waals surface area contributed by atoms with E-state index in [0.717, 1.165) is 11.1 Å². The van der Waals surface area contributed by atoms with Crippen molar-refractivity contribution in [1.82, 2.24) is 0 Å². The lowest BCUT2D eigenvalue weighted by molar-refractivity contribution is -0.122. The van der Waals surface area contributed by atoms with Crippen LogP contribution in [0.1, 0.15) is 34.3 Å². The summed E-state index contributed by atoms with van der Waals surface area (Å²) in [5, 5.41) is 0. The average molecular weight is 396 g/mol. The Morgan fingerprint density at radius 3 is 2.66 bits per heavy atom. The first-order valence-corrected chi connectivity index (χ1v) is 9.44. The van der Waals surface area contributed by atoms with Gasteiger partial charge in [0.05, 0.1) is 5.69 Å². The van der Waals surface area contributed by atoms with Gasteiger partial charge in [-0.15, -0.1) is 0 Å². The van der Waals surface area contributed by atoms with E-state index in [0.29, 0.717) is 35.7 Å². The molecule has 7 heteroatoms. The minimum absolute atomic E-state index is 0.0766. The topological polar surface area (TPSA) is 98.9 Å². The fourth-order valence-electron chi connectivity index (χ4n) is 3.07. The van der Waals surface area contributed by atoms with Crippen molar-refractivity contribution < 1.29 is 23.9 Å². The second kappa shape index (κ2) is 8.77. The summed E-state index contributed by atoms with van der Waals surface area (Å²) in [5.74, 6) is 0.304. The van der Waals surface area contributed by atoms with Crippen LogP contribution < -0.4 is 20.1 Å². The molecule has 7 nitrogen and oxygen atoms in total. The van der Waals surface area contributed by atoms with Crippen molar-refractivity contribution >= 4 is 23.3 Å². The molecule has 2 aromatic carbocycles. The number of anilines is 1. The van der Waals surface area contributed by atoms with Crippen molar-refractivity contribution in [1.29, 1.82) is 0 Å². The van der Waals surface area contributed by atoms with E-state index < -0.39 is 5.91 Å². The Balaban J connectivity index is 1.72. The number of benzene rings is 2. The molecule has 3 rings (SSSR count). The molecule has 2 amide bonds. The van der Waals surface area contributed by atoms with Crippen LogP contribution in [0.25, 0.3) is 0 Å². The van der Waals surface area contributed by atoms with Crippen LogP contribution in [0.4, 0.5) is 5.69 Å². The quantitative estimate of drug-likeness (QED) is 0.692. The van der Waals surface area contributed by atoms with Crippen LogP contribution in [0.3, 0.4) is 0 Å². The lowest BCUT2D eigenvalue weighted by Crippen LogP contribution is -2.39. The lowest BCUT2D eigenvalue weighted by atomic mass is 10.1. The Morgan fingerprint density at radius 2 is 1.93 bits per heavy atom. The monoisotopic (exact) mass is 396 g/mol. The number of primary amides is 1. The molecule has 2 N–H and O–H groups in total. The van der Waals surface area contributed by atoms with Crippen LogP contribution in [0.15, 0.2) is 36.4 Å². The van der Waals surface area contributed by atoms with Gasteiger partial charge in [0.15, 0.2) is 19.0 Å². The number of ether oxygens (including phenoxy) is 2. The van der Waals surface area contributed by atoms with E-state index in [1.807, 2.05) is 32.0 Å². The van der Waals surface area contributed by atoms with E-state index >= 15 is 0 Å². The number of aryl methyl sites for hydroxylation is 2. The molecule has 0 saturated heterocycles. The van der Waals surface area contributed by atoms with Gasteiger partial charge in [0.2, 0.25) is 5.91 Å². The third kappa shape index (κ3) is 4.93. The molecule has 2 aromatic rings. The minimum atomic E-state index is -0.418. The summed E-state index contributed by atoms with van der Waals surface area (Å²) in [7, 11) is 0. The summed E-state index contributed by atoms with van der Waals surface area (Å²) in [5.41, 5.74) is 8.35. The zero-order valence-electron chi connectivity index (χ0n) is 16.6. The van der Waals surface area contributed by atoms with Gasteiger partial charge in [0.1, 0.15) is 11.5 Å². The largest absolute Gasteiger partial charge is 0.485 e. The number of rotatable bonds is 8. The minimum Gasteiger partial charge on any atom is -0.485 e. The first-order chi connectivity index (χ1) is 13.8. The molecule has 1 heterocycles. The summed E-state index contributed by atoms with van der Waals surface area (Å²) >= 11 is 0. The van der Waals surface area contributed by atoms with E-state index in [2.05, 4.69) is 0 Å². The predicted molar refractivity (Wildman–Crippen MR) is 108 cm³/mol. The lowest BCUT2D eigenvalue weighted by Gasteiger charge is -2.29. The molecule has 152 valence electrons. The Hall–Kier alpha value is -3.35. The number of amides is 2. The van der Waals surface area contributed by atoms with Crippen LogP contribution in [-0.4, -0.2) is 37.4 Å². The molecule has 0 bridgehead atoms. The number of Topliss-reactive ketones (excluding diaryl/α,β-unsaturated/α-hetero) is 1. The number of nitrogens with two attached hydrogens (primary N) is 1. The standard InChI is InChI=1S/C22H24N2O5/c1-14-5-7-17(10-15(14)2)28-12-19(25)16-6-8-20-18(11-16)24(22(27)13-29-20)9-3-4-21(23)26/h5-8,10-11H,3-4,9,12-13H2,1-2H3,(H2,23,26). The molecule has 0 spiro atoms. The van der Waals surface area contributed by atoms with Gasteiger partial charge >= 0.3 is 0 Å². The number of nitrogens with zero attached hydrogens (tertiary/aromatic N) is 1. The van der Waals surface area contributed by atoms with Crippen LogP contribution in [-0.2, 0) is 9.59 Å². The maximum absolute atomic E-state index is 12.6. The predicted octanol–water partition coefficient (Wildman–Crippen LogP) is 2.56. The Morgan fingerprint density at radius 1 is 1.14 bits per heavy atom. The Bertz CT molecular complexity index is 954. The van der Waals surface area contributed by atoms with E-state index in [-0.39, 0.29) is 31.3 Å². The molecular weight excluding hydrogens is 372 g/mol. The number of hydrogen-bond acceptors (Lipinski definition) is 5. The highest BCUT2D eigenvalue weighted by Gasteiger charge is 2.26. The first-order valence-electron chi connectivity index (χ1n) is 9.44. The highest BCUT2D eigenvalue weighted by atomic mass is 16.5. The highest BCUT2D eigenvalue weighted by Crippen LogP contribution is 2.33. The number of carbonyl (C=O) groups excluding carboxylic acids is 3. The van der Waals surface area contributed by atoms with Crippen molar-refractivity contribution in [2.45, 2.75) is 26.7 Å². The molecule has 29 heavy (non-hydrogen) atoms. The average Bonchev–Trinajstić information content (AvgIpc) is 2.69. The summed E-state index contributed by atoms with van der Waals surface area (Å²) in [4.78, 5) is 37.4. The third-order valence-electron chi connectivity index (χ3n) is 4.88. The van der Waals surface area contributed by atoms with E-state index in [4.69, 9.17) is 15.2 Å². The molecule has 0 unspecified atom stereocenters. The number of hydrogen-bond donors (Lipinski definition) is 1. The first kappa shape index (κ1) is 20.4. The molecular formula is C22H24N2O5. The molecule has 0 aromatic heterocycles. The Labute approximate surface area is 169 Å². The number of carbonyl (C=O) groups is 3. The van der Waals surface area contributed by atoms with Crippen molar-refractivity contribution in [2.75, 3.05) is 24.7 Å². The zero-order chi connectivity index (χ0) is 21.0. The van der Waals surface area contributed by atoms with E-state index in [9.17, 15) is 14.4 Å². The molecule has 0 saturated carbocycles. The second-order valence-electron chi connectivity index (χ2n) is 7.04. The molecule has 0 atom stereocenters. The maximum atomic E-state index is 12.6.